The van der Waals surface area contributed by atoms with Gasteiger partial charge in [-0.1, -0.05) is 30.3 Å². The first-order valence-electron chi connectivity index (χ1n) is 16.3. The van der Waals surface area contributed by atoms with Gasteiger partial charge in [0.15, 0.2) is 5.71 Å². The molecule has 0 aliphatic carbocycles. The second-order valence-electron chi connectivity index (χ2n) is 12.1. The highest BCUT2D eigenvalue weighted by Crippen LogP contribution is 2.28. The molecule has 0 radical (unpaired) electrons. The molecule has 3 N–H and O–H groups in total. The topological polar surface area (TPSA) is 151 Å². The molecule has 0 atom stereocenters. The van der Waals surface area contributed by atoms with Crippen LogP contribution in [-0.2, 0) is 59.2 Å². The molecule has 11 nitrogen and oxygen atoms in total. The van der Waals surface area contributed by atoms with Gasteiger partial charge in [0.05, 0.1) is 27.8 Å². The van der Waals surface area contributed by atoms with Crippen LogP contribution in [0.2, 0.25) is 0 Å². The van der Waals surface area contributed by atoms with Gasteiger partial charge in [-0.15, -0.1) is 0 Å². The van der Waals surface area contributed by atoms with Crippen LogP contribution in [-0.4, -0.2) is 60.9 Å². The fourth-order valence-corrected chi connectivity index (χ4v) is 6.17. The van der Waals surface area contributed by atoms with Crippen molar-refractivity contribution in [1.29, 1.82) is 0 Å². The number of H-pyrrole nitrogens is 2. The quantitative estimate of drug-likeness (QED) is 0.155. The van der Waals surface area contributed by atoms with E-state index in [0.29, 0.717) is 31.4 Å². The maximum Gasteiger partial charge on any atom is 0.355 e. The SMILES string of the molecule is COC(=O)CCC1=C(C)C(Cc2[nH]c(C(=O)OCc3ccccc3)c(C)c2CCC(=O)OC)=[NH+]/C1=C\c1[nH]c(C)c(CCC(=O)OC)c1C.[Br-]. The Morgan fingerprint density at radius 2 is 1.34 bits per heavy atom. The van der Waals surface area contributed by atoms with Gasteiger partial charge in [0.2, 0.25) is 5.70 Å². The smallest absolute Gasteiger partial charge is 0.355 e. The van der Waals surface area contributed by atoms with E-state index in [2.05, 4.69) is 15.0 Å². The molecule has 0 saturated carbocycles. The Morgan fingerprint density at radius 1 is 0.760 bits per heavy atom. The predicted octanol–water partition coefficient (Wildman–Crippen LogP) is 1.23. The molecule has 4 rings (SSSR count). The molecule has 3 heterocycles. The Morgan fingerprint density at radius 3 is 1.94 bits per heavy atom. The largest absolute Gasteiger partial charge is 1.00 e. The third-order valence-corrected chi connectivity index (χ3v) is 9.09. The maximum atomic E-state index is 13.3. The van der Waals surface area contributed by atoms with Gasteiger partial charge in [0, 0.05) is 53.6 Å². The highest BCUT2D eigenvalue weighted by atomic mass is 79.9. The third kappa shape index (κ3) is 9.71. The van der Waals surface area contributed by atoms with Gasteiger partial charge >= 0.3 is 23.9 Å². The highest BCUT2D eigenvalue weighted by Gasteiger charge is 2.31. The van der Waals surface area contributed by atoms with E-state index in [1.807, 2.05) is 64.1 Å². The second-order valence-corrected chi connectivity index (χ2v) is 12.1. The van der Waals surface area contributed by atoms with E-state index in [0.717, 1.165) is 67.5 Å². The zero-order chi connectivity index (χ0) is 35.7. The summed E-state index contributed by atoms with van der Waals surface area (Å²) in [4.78, 5) is 59.8. The van der Waals surface area contributed by atoms with Crippen molar-refractivity contribution in [3.05, 3.63) is 97.8 Å². The van der Waals surface area contributed by atoms with E-state index in [-0.39, 0.29) is 60.8 Å². The summed E-state index contributed by atoms with van der Waals surface area (Å²) in [5, 5.41) is 0. The minimum absolute atomic E-state index is 0. The summed E-state index contributed by atoms with van der Waals surface area (Å²) in [6.07, 6.45) is 4.43. The lowest BCUT2D eigenvalue weighted by molar-refractivity contribution is -0.387. The minimum Gasteiger partial charge on any atom is -1.00 e. The summed E-state index contributed by atoms with van der Waals surface area (Å²) >= 11 is 0. The van der Waals surface area contributed by atoms with Gasteiger partial charge in [0.25, 0.3) is 0 Å². The number of rotatable bonds is 15. The van der Waals surface area contributed by atoms with Gasteiger partial charge in [0.1, 0.15) is 12.3 Å². The van der Waals surface area contributed by atoms with Crippen molar-refractivity contribution in [2.45, 2.75) is 79.2 Å². The van der Waals surface area contributed by atoms with Crippen LogP contribution in [0.1, 0.15) is 88.0 Å². The number of hydrogen-bond donors (Lipinski definition) is 3. The average molecular weight is 753 g/mol. The average Bonchev–Trinajstić information content (AvgIpc) is 3.68. The van der Waals surface area contributed by atoms with E-state index in [9.17, 15) is 19.2 Å². The Hall–Kier alpha value is -4.71. The van der Waals surface area contributed by atoms with Crippen molar-refractivity contribution >= 4 is 35.7 Å². The Balaban J connectivity index is 0.00000676. The van der Waals surface area contributed by atoms with E-state index in [1.54, 1.807) is 0 Å². The first-order chi connectivity index (χ1) is 23.5. The summed E-state index contributed by atoms with van der Waals surface area (Å²) in [7, 11) is 4.11. The van der Waals surface area contributed by atoms with E-state index < -0.39 is 5.97 Å². The number of aryl methyl sites for hydroxylation is 1. The van der Waals surface area contributed by atoms with Crippen LogP contribution in [0, 0.1) is 20.8 Å². The van der Waals surface area contributed by atoms with E-state index >= 15 is 0 Å². The van der Waals surface area contributed by atoms with Crippen molar-refractivity contribution in [3.63, 3.8) is 0 Å². The molecule has 1 aliphatic rings. The molecular weight excluding hydrogens is 706 g/mol. The monoisotopic (exact) mass is 751 g/mol. The standard InChI is InChI=1S/C38H45N3O8.BrH/c1-22-27(13-16-34(42)46-5)25(4)39-30(22)19-32-28(14-17-35(43)47-6)23(2)31(40-32)20-33-29(15-18-36(44)48-7)24(3)37(41-33)38(45)49-21-26-11-9-8-10-12-26;/h8-12,19,39,41H,13-18,20-21H2,1-7H3;1H/b32-19-;. The summed E-state index contributed by atoms with van der Waals surface area (Å²) in [5.41, 5.74) is 11.2. The molecule has 0 fully saturated rings. The van der Waals surface area contributed by atoms with Crippen LogP contribution in [0.4, 0.5) is 0 Å². The van der Waals surface area contributed by atoms with Gasteiger partial charge in [-0.05, 0) is 74.8 Å². The molecular formula is C38H46BrN3O8. The molecule has 0 amide bonds. The van der Waals surface area contributed by atoms with Gasteiger partial charge in [-0.3, -0.25) is 14.4 Å². The molecule has 0 saturated heterocycles. The first kappa shape index (κ1) is 39.7. The number of ether oxygens (including phenoxy) is 4. The van der Waals surface area contributed by atoms with E-state index in [1.165, 1.54) is 21.3 Å². The lowest BCUT2D eigenvalue weighted by atomic mass is 9.96. The van der Waals surface area contributed by atoms with Crippen molar-refractivity contribution in [2.24, 2.45) is 0 Å². The summed E-state index contributed by atoms with van der Waals surface area (Å²) < 4.78 is 20.3. The number of carbonyl (C=O) groups is 4. The highest BCUT2D eigenvalue weighted by molar-refractivity contribution is 6.01. The second kappa shape index (κ2) is 18.3. The van der Waals surface area contributed by atoms with Gasteiger partial charge in [-0.2, -0.15) is 0 Å². The molecule has 0 unspecified atom stereocenters. The summed E-state index contributed by atoms with van der Waals surface area (Å²) in [5.74, 6) is -1.41. The number of methoxy groups -OCH3 is 3. The molecule has 1 aliphatic heterocycles. The number of aromatic amines is 2. The van der Waals surface area contributed by atoms with Gasteiger partial charge in [-0.25, -0.2) is 9.79 Å². The van der Waals surface area contributed by atoms with Crippen LogP contribution in [0.25, 0.3) is 6.08 Å². The van der Waals surface area contributed by atoms with Crippen LogP contribution in [0.15, 0.2) is 47.2 Å². The predicted molar refractivity (Wildman–Crippen MR) is 184 cm³/mol. The summed E-state index contributed by atoms with van der Waals surface area (Å²) in [6, 6.07) is 9.46. The number of nitrogens with one attached hydrogen (secondary N) is 3. The lowest BCUT2D eigenvalue weighted by Gasteiger charge is -2.05. The maximum absolute atomic E-state index is 13.3. The number of allylic oxidation sites excluding steroid dienone is 2. The van der Waals surface area contributed by atoms with Crippen LogP contribution in [0.5, 0.6) is 0 Å². The number of aromatic nitrogens is 2. The third-order valence-electron chi connectivity index (χ3n) is 9.09. The lowest BCUT2D eigenvalue weighted by Crippen LogP contribution is -3.00. The molecule has 0 bridgehead atoms. The molecule has 12 heteroatoms. The van der Waals surface area contributed by atoms with Crippen molar-refractivity contribution in [1.82, 2.24) is 9.97 Å². The van der Waals surface area contributed by atoms with Crippen molar-refractivity contribution in [2.75, 3.05) is 21.3 Å². The molecule has 50 heavy (non-hydrogen) atoms. The number of halogens is 1. The van der Waals surface area contributed by atoms with Crippen molar-refractivity contribution in [3.8, 4) is 0 Å². The molecule has 0 spiro atoms. The fraction of sp³-hybridized carbons (Fsp3) is 0.395. The molecule has 2 aromatic heterocycles. The number of benzene rings is 1. The normalized spacial score (nSPS) is 13.2. The van der Waals surface area contributed by atoms with Crippen LogP contribution in [0.3, 0.4) is 0 Å². The van der Waals surface area contributed by atoms with E-state index in [4.69, 9.17) is 18.9 Å². The first-order valence-corrected chi connectivity index (χ1v) is 16.3. The van der Waals surface area contributed by atoms with Crippen LogP contribution >= 0.6 is 0 Å². The molecule has 1 aromatic carbocycles. The van der Waals surface area contributed by atoms with Crippen molar-refractivity contribution < 1.29 is 60.1 Å². The summed E-state index contributed by atoms with van der Waals surface area (Å²) in [6.45, 7) is 7.98. The Bertz CT molecular complexity index is 1810. The minimum atomic E-state index is -0.483. The fourth-order valence-electron chi connectivity index (χ4n) is 6.17. The zero-order valence-electron chi connectivity index (χ0n) is 29.8. The van der Waals surface area contributed by atoms with Crippen LogP contribution < -0.4 is 22.0 Å². The van der Waals surface area contributed by atoms with Gasteiger partial charge < -0.3 is 45.9 Å². The Kier molecular flexibility index (Phi) is 14.6. The molecule has 3 aromatic rings. The number of carbonyl (C=O) groups excluding carboxylic acids is 4. The number of hydrogen-bond acceptors (Lipinski definition) is 8. The molecule has 268 valence electrons. The Labute approximate surface area is 303 Å². The zero-order valence-corrected chi connectivity index (χ0v) is 31.4. The number of esters is 4.